The fourth-order valence-corrected chi connectivity index (χ4v) is 3.60. The van der Waals surface area contributed by atoms with Crippen molar-refractivity contribution in [1.82, 2.24) is 0 Å². The number of carbonyl (C=O) groups excluding carboxylic acids is 1. The molecule has 1 N–H and O–H groups in total. The number of nitrogens with zero attached hydrogens (tertiary/aromatic N) is 1. The maximum atomic E-state index is 13.3. The Morgan fingerprint density at radius 1 is 1.19 bits per heavy atom. The first-order valence-electron chi connectivity index (χ1n) is 7.75. The Hall–Kier alpha value is -2.68. The third kappa shape index (κ3) is 3.77. The van der Waals surface area contributed by atoms with Crippen LogP contribution in [0.4, 0.5) is 20.2 Å². The van der Waals surface area contributed by atoms with Crippen LogP contribution in [-0.4, -0.2) is 33.2 Å². The third-order valence-electron chi connectivity index (χ3n) is 3.88. The van der Waals surface area contributed by atoms with Crippen LogP contribution in [-0.2, 0) is 14.8 Å². The molecule has 26 heavy (non-hydrogen) atoms. The van der Waals surface area contributed by atoms with Crippen molar-refractivity contribution in [1.29, 1.82) is 0 Å². The third-order valence-corrected chi connectivity index (χ3v) is 5.06. The van der Waals surface area contributed by atoms with E-state index in [0.717, 1.165) is 18.4 Å². The van der Waals surface area contributed by atoms with E-state index in [0.29, 0.717) is 5.69 Å². The Morgan fingerprint density at radius 3 is 2.62 bits per heavy atom. The van der Waals surface area contributed by atoms with Crippen LogP contribution in [0.3, 0.4) is 0 Å². The number of halogens is 2. The van der Waals surface area contributed by atoms with Crippen LogP contribution in [0.15, 0.2) is 42.5 Å². The van der Waals surface area contributed by atoms with Crippen LogP contribution >= 0.6 is 0 Å². The Balaban J connectivity index is 1.84. The second-order valence-electron chi connectivity index (χ2n) is 5.82. The zero-order valence-electron chi connectivity index (χ0n) is 13.8. The summed E-state index contributed by atoms with van der Waals surface area (Å²) in [5.74, 6) is -2.44. The molecule has 0 unspecified atom stereocenters. The number of sulfonamides is 1. The van der Waals surface area contributed by atoms with Crippen LogP contribution in [0.1, 0.15) is 6.42 Å². The lowest BCUT2D eigenvalue weighted by molar-refractivity contribution is -0.122. The maximum Gasteiger partial charge on any atom is 0.265 e. The van der Waals surface area contributed by atoms with Gasteiger partial charge in [0.2, 0.25) is 10.0 Å². The van der Waals surface area contributed by atoms with Gasteiger partial charge in [0.15, 0.2) is 17.7 Å². The molecule has 1 aliphatic heterocycles. The Kier molecular flexibility index (Phi) is 4.82. The highest BCUT2D eigenvalue weighted by molar-refractivity contribution is 7.92. The van der Waals surface area contributed by atoms with Gasteiger partial charge in [-0.2, -0.15) is 0 Å². The highest BCUT2D eigenvalue weighted by atomic mass is 32.2. The zero-order chi connectivity index (χ0) is 18.9. The minimum absolute atomic E-state index is 0.0473. The molecule has 1 atom stereocenters. The van der Waals surface area contributed by atoms with E-state index in [-0.39, 0.29) is 24.4 Å². The average Bonchev–Trinajstić information content (AvgIpc) is 2.77. The summed E-state index contributed by atoms with van der Waals surface area (Å²) in [6, 6.07) is 9.48. The number of amides is 1. The van der Waals surface area contributed by atoms with Gasteiger partial charge in [-0.25, -0.2) is 17.2 Å². The van der Waals surface area contributed by atoms with Gasteiger partial charge in [0.25, 0.3) is 5.91 Å². The van der Waals surface area contributed by atoms with Gasteiger partial charge in [0, 0.05) is 24.7 Å². The Bertz CT molecular complexity index is 950. The first kappa shape index (κ1) is 18.1. The van der Waals surface area contributed by atoms with E-state index in [1.807, 2.05) is 0 Å². The van der Waals surface area contributed by atoms with Crippen molar-refractivity contribution in [3.8, 4) is 5.75 Å². The van der Waals surface area contributed by atoms with Gasteiger partial charge < -0.3 is 10.1 Å². The molecule has 0 radical (unpaired) electrons. The van der Waals surface area contributed by atoms with Gasteiger partial charge in [-0.15, -0.1) is 0 Å². The number of ether oxygens (including phenoxy) is 1. The molecule has 138 valence electrons. The molecule has 1 amide bonds. The van der Waals surface area contributed by atoms with Gasteiger partial charge >= 0.3 is 0 Å². The highest BCUT2D eigenvalue weighted by Crippen LogP contribution is 2.34. The van der Waals surface area contributed by atoms with Crippen molar-refractivity contribution < 1.29 is 26.7 Å². The molecule has 6 nitrogen and oxygen atoms in total. The number of rotatable bonds is 3. The Morgan fingerprint density at radius 2 is 1.92 bits per heavy atom. The van der Waals surface area contributed by atoms with Crippen molar-refractivity contribution in [2.24, 2.45) is 0 Å². The number of hydrogen-bond acceptors (Lipinski definition) is 4. The van der Waals surface area contributed by atoms with Gasteiger partial charge in [0.05, 0.1) is 11.9 Å². The number of nitrogens with one attached hydrogen (secondary N) is 1. The quantitative estimate of drug-likeness (QED) is 0.885. The van der Waals surface area contributed by atoms with Crippen LogP contribution in [0.2, 0.25) is 0 Å². The van der Waals surface area contributed by atoms with E-state index in [4.69, 9.17) is 4.74 Å². The summed E-state index contributed by atoms with van der Waals surface area (Å²) < 4.78 is 57.2. The summed E-state index contributed by atoms with van der Waals surface area (Å²) in [5.41, 5.74) is 0.424. The number of fused-ring (bicyclic) bond motifs is 1. The summed E-state index contributed by atoms with van der Waals surface area (Å²) in [4.78, 5) is 12.5. The van der Waals surface area contributed by atoms with Crippen LogP contribution in [0.5, 0.6) is 5.75 Å². The molecule has 0 saturated carbocycles. The number of carbonyl (C=O) groups is 1. The molecule has 2 aromatic rings. The van der Waals surface area contributed by atoms with Gasteiger partial charge in [-0.05, 0) is 24.3 Å². The molecule has 0 aromatic heterocycles. The lowest BCUT2D eigenvalue weighted by Gasteiger charge is -2.20. The van der Waals surface area contributed by atoms with E-state index >= 15 is 0 Å². The summed E-state index contributed by atoms with van der Waals surface area (Å²) in [6.45, 7) is 0.0473. The molecule has 0 fully saturated rings. The maximum absolute atomic E-state index is 13.3. The van der Waals surface area contributed by atoms with Gasteiger partial charge in [-0.1, -0.05) is 12.1 Å². The number of anilines is 2. The van der Waals surface area contributed by atoms with Crippen LogP contribution < -0.4 is 14.4 Å². The monoisotopic (exact) mass is 382 g/mol. The van der Waals surface area contributed by atoms with Gasteiger partial charge in [0.1, 0.15) is 5.75 Å². The highest BCUT2D eigenvalue weighted by Gasteiger charge is 2.31. The van der Waals surface area contributed by atoms with E-state index < -0.39 is 33.7 Å². The topological polar surface area (TPSA) is 75.7 Å². The Labute approximate surface area is 149 Å². The van der Waals surface area contributed by atoms with E-state index in [1.165, 1.54) is 10.4 Å². The zero-order valence-corrected chi connectivity index (χ0v) is 14.6. The SMILES string of the molecule is CS(=O)(=O)N1CC[C@@H](C(=O)Nc2ccc(F)c(F)c2)Oc2ccccc21. The molecule has 1 aliphatic rings. The molecule has 1 heterocycles. The first-order chi connectivity index (χ1) is 12.3. The van der Waals surface area contributed by atoms with Crippen molar-refractivity contribution in [2.45, 2.75) is 12.5 Å². The van der Waals surface area contributed by atoms with Crippen LogP contribution in [0, 0.1) is 11.6 Å². The van der Waals surface area contributed by atoms with Crippen molar-refractivity contribution in [3.05, 3.63) is 54.1 Å². The average molecular weight is 382 g/mol. The molecule has 0 bridgehead atoms. The summed E-state index contributed by atoms with van der Waals surface area (Å²) >= 11 is 0. The van der Waals surface area contributed by atoms with Crippen molar-refractivity contribution >= 4 is 27.3 Å². The second kappa shape index (κ2) is 6.91. The first-order valence-corrected chi connectivity index (χ1v) is 9.60. The largest absolute Gasteiger partial charge is 0.478 e. The second-order valence-corrected chi connectivity index (χ2v) is 7.72. The van der Waals surface area contributed by atoms with Gasteiger partial charge in [-0.3, -0.25) is 9.10 Å². The molecule has 0 saturated heterocycles. The predicted octanol–water partition coefficient (Wildman–Crippen LogP) is 2.52. The number of benzene rings is 2. The van der Waals surface area contributed by atoms with E-state index in [2.05, 4.69) is 5.32 Å². The fourth-order valence-electron chi connectivity index (χ4n) is 2.66. The molecule has 2 aromatic carbocycles. The summed E-state index contributed by atoms with van der Waals surface area (Å²) in [6.07, 6.45) is 0.180. The molecular formula is C17H16F2N2O4S. The summed E-state index contributed by atoms with van der Waals surface area (Å²) in [7, 11) is -3.55. The minimum atomic E-state index is -3.55. The molecule has 0 spiro atoms. The lowest BCUT2D eigenvalue weighted by Crippen LogP contribution is -2.36. The van der Waals surface area contributed by atoms with Crippen LogP contribution in [0.25, 0.3) is 0 Å². The normalized spacial score (nSPS) is 17.0. The lowest BCUT2D eigenvalue weighted by atomic mass is 10.2. The standard InChI is InChI=1S/C17H16F2N2O4S/c1-26(23,24)21-9-8-16(25-15-5-3-2-4-14(15)21)17(22)20-11-6-7-12(18)13(19)10-11/h2-7,10,16H,8-9H2,1H3,(H,20,22)/t16-/m0/s1. The number of hydrogen-bond donors (Lipinski definition) is 1. The predicted molar refractivity (Wildman–Crippen MR) is 92.7 cm³/mol. The minimum Gasteiger partial charge on any atom is -0.478 e. The molecule has 0 aliphatic carbocycles. The number of para-hydroxylation sites is 2. The molecule has 3 rings (SSSR count). The molecule has 9 heteroatoms. The fraction of sp³-hybridized carbons (Fsp3) is 0.235. The summed E-state index contributed by atoms with van der Waals surface area (Å²) in [5, 5.41) is 2.45. The van der Waals surface area contributed by atoms with Crippen molar-refractivity contribution in [3.63, 3.8) is 0 Å². The van der Waals surface area contributed by atoms with E-state index in [1.54, 1.807) is 24.3 Å². The smallest absolute Gasteiger partial charge is 0.265 e. The van der Waals surface area contributed by atoms with E-state index in [9.17, 15) is 22.0 Å². The van der Waals surface area contributed by atoms with Crippen molar-refractivity contribution in [2.75, 3.05) is 22.4 Å². The molecular weight excluding hydrogens is 366 g/mol.